The SMILES string of the molecule is Cc1c(N2CCN(C)CC2)nc2ccccc2c1C(=O)NCCOCCOCCOCCOCCOCCOCCOCCNC(=O)NC[13C](=O)O. The largest absolute Gasteiger partial charge is 0.480 e. The zero-order chi connectivity index (χ0) is 37.2. The van der Waals surface area contributed by atoms with E-state index in [2.05, 4.69) is 32.8 Å². The van der Waals surface area contributed by atoms with Gasteiger partial charge >= 0.3 is 12.0 Å². The number of carboxylic acids is 1. The first kappa shape index (κ1) is 42.7. The van der Waals surface area contributed by atoms with E-state index in [0.717, 1.165) is 48.5 Å². The van der Waals surface area contributed by atoms with Gasteiger partial charge in [0.1, 0.15) is 12.4 Å². The van der Waals surface area contributed by atoms with Gasteiger partial charge in [-0.3, -0.25) is 9.59 Å². The van der Waals surface area contributed by atoms with Crippen molar-refractivity contribution in [2.45, 2.75) is 6.92 Å². The highest BCUT2D eigenvalue weighted by Gasteiger charge is 2.23. The Balaban J connectivity index is 1.08. The maximum absolute atomic E-state index is 13.3. The van der Waals surface area contributed by atoms with Crippen LogP contribution in [0.3, 0.4) is 0 Å². The molecule has 4 N–H and O–H groups in total. The Hall–Kier alpha value is -3.68. The molecule has 0 radical (unpaired) electrons. The van der Waals surface area contributed by atoms with E-state index in [-0.39, 0.29) is 19.1 Å². The van der Waals surface area contributed by atoms with Gasteiger partial charge in [-0.15, -0.1) is 0 Å². The average Bonchev–Trinajstić information content (AvgIpc) is 3.14. The predicted octanol–water partition coefficient (Wildman–Crippen LogP) is 0.525. The number of rotatable bonds is 28. The number of nitrogens with one attached hydrogen (secondary N) is 3. The van der Waals surface area contributed by atoms with E-state index in [1.54, 1.807) is 0 Å². The van der Waals surface area contributed by atoms with E-state index in [4.69, 9.17) is 43.2 Å². The number of ether oxygens (including phenoxy) is 7. The van der Waals surface area contributed by atoms with Crippen LogP contribution in [0.1, 0.15) is 15.9 Å². The molecule has 2 heterocycles. The number of hydrogen-bond donors (Lipinski definition) is 4. The van der Waals surface area contributed by atoms with Crippen molar-refractivity contribution in [1.29, 1.82) is 0 Å². The molecule has 3 amide bonds. The number of pyridine rings is 1. The number of amides is 3. The number of carbonyl (C=O) groups is 3. The maximum atomic E-state index is 13.3. The van der Waals surface area contributed by atoms with Crippen molar-refractivity contribution in [2.75, 3.05) is 150 Å². The lowest BCUT2D eigenvalue weighted by Gasteiger charge is -2.34. The number of likely N-dealkylation sites (N-methyl/N-ethyl adjacent to an activating group) is 1. The first-order valence-electron chi connectivity index (χ1n) is 17.8. The number of fused-ring (bicyclic) bond motifs is 1. The highest BCUT2D eigenvalue weighted by molar-refractivity contribution is 6.08. The van der Waals surface area contributed by atoms with Crippen LogP contribution in [0, 0.1) is 6.92 Å². The number of carbonyl (C=O) groups excluding carboxylic acids is 2. The molecule has 52 heavy (non-hydrogen) atoms. The standard InChI is InChI=1S/C35H56N6O11/c1-28-32(29-5-3-4-6-30(29)39-33(28)41-11-9-40(2)10-12-41)34(44)36-7-13-46-15-17-48-19-21-50-23-25-52-26-24-51-22-20-49-18-16-47-14-8-37-35(45)38-27-31(42)43/h3-6H,7-27H2,1-2H3,(H,36,44)(H,42,43)(H2,37,38,45)/i31+1. The lowest BCUT2D eigenvalue weighted by molar-refractivity contribution is -0.135. The molecule has 17 heteroatoms. The van der Waals surface area contributed by atoms with Crippen LogP contribution in [0.4, 0.5) is 10.6 Å². The number of aromatic nitrogens is 1. The molecule has 0 saturated carbocycles. The summed E-state index contributed by atoms with van der Waals surface area (Å²) in [7, 11) is 2.12. The normalized spacial score (nSPS) is 13.4. The first-order chi connectivity index (χ1) is 25.4. The van der Waals surface area contributed by atoms with Crippen LogP contribution in [0.2, 0.25) is 0 Å². The smallest absolute Gasteiger partial charge is 0.323 e. The third kappa shape index (κ3) is 17.2. The highest BCUT2D eigenvalue weighted by atomic mass is 16.6. The quantitative estimate of drug-likeness (QED) is 0.0699. The van der Waals surface area contributed by atoms with Gasteiger partial charge in [-0.05, 0) is 20.0 Å². The van der Waals surface area contributed by atoms with Gasteiger partial charge in [0.25, 0.3) is 5.91 Å². The third-order valence-electron chi connectivity index (χ3n) is 7.84. The monoisotopic (exact) mass is 737 g/mol. The molecule has 1 aliphatic heterocycles. The molecule has 292 valence electrons. The molecule has 0 unspecified atom stereocenters. The summed E-state index contributed by atoms with van der Waals surface area (Å²) >= 11 is 0. The first-order valence-corrected chi connectivity index (χ1v) is 17.8. The highest BCUT2D eigenvalue weighted by Crippen LogP contribution is 2.29. The number of benzene rings is 1. The summed E-state index contributed by atoms with van der Waals surface area (Å²) in [5.74, 6) is -0.358. The second-order valence-corrected chi connectivity index (χ2v) is 11.8. The Labute approximate surface area is 305 Å². The summed E-state index contributed by atoms with van der Waals surface area (Å²) in [6.45, 7) is 11.7. The summed E-state index contributed by atoms with van der Waals surface area (Å²) in [6, 6.07) is 7.23. The van der Waals surface area contributed by atoms with Crippen molar-refractivity contribution >= 4 is 34.6 Å². The summed E-state index contributed by atoms with van der Waals surface area (Å²) in [5, 5.41) is 17.0. The van der Waals surface area contributed by atoms with Gasteiger partial charge in [0.15, 0.2) is 0 Å². The van der Waals surface area contributed by atoms with Crippen molar-refractivity contribution in [3.8, 4) is 0 Å². The predicted molar refractivity (Wildman–Crippen MR) is 193 cm³/mol. The fourth-order valence-electron chi connectivity index (χ4n) is 5.11. The molecule has 1 aliphatic rings. The Morgan fingerprint density at radius 2 is 1.13 bits per heavy atom. The number of carboxylic acid groups (broad SMARTS) is 1. The Bertz CT molecular complexity index is 1330. The number of nitrogens with zero attached hydrogens (tertiary/aromatic N) is 3. The number of urea groups is 1. The molecular formula is C35H56N6O11. The topological polar surface area (TPSA) is 192 Å². The molecular weight excluding hydrogens is 681 g/mol. The molecule has 1 aromatic heterocycles. The Morgan fingerprint density at radius 3 is 1.63 bits per heavy atom. The molecule has 0 aliphatic carbocycles. The van der Waals surface area contributed by atoms with Crippen molar-refractivity contribution in [3.05, 3.63) is 35.4 Å². The van der Waals surface area contributed by atoms with Gasteiger partial charge in [0.2, 0.25) is 0 Å². The van der Waals surface area contributed by atoms with Crippen LogP contribution in [0.15, 0.2) is 24.3 Å². The van der Waals surface area contributed by atoms with E-state index in [0.29, 0.717) is 98.0 Å². The van der Waals surface area contributed by atoms with E-state index < -0.39 is 18.5 Å². The maximum Gasteiger partial charge on any atom is 0.323 e. The van der Waals surface area contributed by atoms with E-state index in [9.17, 15) is 14.4 Å². The Morgan fingerprint density at radius 1 is 0.673 bits per heavy atom. The second-order valence-electron chi connectivity index (χ2n) is 11.8. The van der Waals surface area contributed by atoms with Crippen LogP contribution < -0.4 is 20.9 Å². The number of aliphatic carboxylic acids is 1. The van der Waals surface area contributed by atoms with Crippen molar-refractivity contribution in [1.82, 2.24) is 25.8 Å². The van der Waals surface area contributed by atoms with E-state index in [1.165, 1.54) is 0 Å². The van der Waals surface area contributed by atoms with Crippen LogP contribution >= 0.6 is 0 Å². The fourth-order valence-corrected chi connectivity index (χ4v) is 5.11. The fraction of sp³-hybridized carbons (Fsp3) is 0.657. The van der Waals surface area contributed by atoms with Crippen molar-refractivity contribution < 1.29 is 52.6 Å². The van der Waals surface area contributed by atoms with Crippen LogP contribution in [0.5, 0.6) is 0 Å². The lowest BCUT2D eigenvalue weighted by atomic mass is 10.0. The average molecular weight is 738 g/mol. The minimum atomic E-state index is -1.11. The van der Waals surface area contributed by atoms with Gasteiger partial charge in [-0.25, -0.2) is 9.78 Å². The number of anilines is 1. The number of piperazine rings is 1. The molecule has 0 atom stereocenters. The van der Waals surface area contributed by atoms with Gasteiger partial charge < -0.3 is 64.0 Å². The molecule has 1 fully saturated rings. The van der Waals surface area contributed by atoms with Crippen molar-refractivity contribution in [2.24, 2.45) is 0 Å². The van der Waals surface area contributed by atoms with Crippen LogP contribution in [0.25, 0.3) is 10.9 Å². The van der Waals surface area contributed by atoms with Crippen LogP contribution in [-0.4, -0.2) is 178 Å². The summed E-state index contributed by atoms with van der Waals surface area (Å²) in [5.41, 5.74) is 2.38. The zero-order valence-corrected chi connectivity index (χ0v) is 30.5. The molecule has 1 aromatic carbocycles. The van der Waals surface area contributed by atoms with E-state index >= 15 is 0 Å². The minimum Gasteiger partial charge on any atom is -0.480 e. The molecule has 0 spiro atoms. The zero-order valence-electron chi connectivity index (χ0n) is 30.5. The third-order valence-corrected chi connectivity index (χ3v) is 7.84. The molecule has 17 nitrogen and oxygen atoms in total. The van der Waals surface area contributed by atoms with Crippen LogP contribution in [-0.2, 0) is 38.0 Å². The number of para-hydroxylation sites is 1. The van der Waals surface area contributed by atoms with E-state index in [1.807, 2.05) is 31.2 Å². The molecule has 3 rings (SSSR count). The minimum absolute atomic E-state index is 0.126. The summed E-state index contributed by atoms with van der Waals surface area (Å²) in [4.78, 5) is 44.4. The summed E-state index contributed by atoms with van der Waals surface area (Å²) in [6.07, 6.45) is 0. The molecule has 2 aromatic rings. The van der Waals surface area contributed by atoms with Gasteiger partial charge in [0, 0.05) is 50.2 Å². The molecule has 1 saturated heterocycles. The van der Waals surface area contributed by atoms with Gasteiger partial charge in [-0.2, -0.15) is 0 Å². The van der Waals surface area contributed by atoms with Gasteiger partial charge in [-0.1, -0.05) is 18.2 Å². The van der Waals surface area contributed by atoms with Gasteiger partial charge in [0.05, 0.1) is 104 Å². The lowest BCUT2D eigenvalue weighted by Crippen LogP contribution is -2.45. The number of hydrogen-bond acceptors (Lipinski definition) is 13. The molecule has 0 bridgehead atoms. The summed E-state index contributed by atoms with van der Waals surface area (Å²) < 4.78 is 38.3. The second kappa shape index (κ2) is 26.1. The van der Waals surface area contributed by atoms with Crippen molar-refractivity contribution in [3.63, 3.8) is 0 Å². The Kier molecular flexibility index (Phi) is 21.5.